The molecule has 2 N–H and O–H groups in total. The van der Waals surface area contributed by atoms with Gasteiger partial charge in [-0.25, -0.2) is 4.79 Å². The zero-order chi connectivity index (χ0) is 24.4. The van der Waals surface area contributed by atoms with Gasteiger partial charge in [-0.3, -0.25) is 19.3 Å². The van der Waals surface area contributed by atoms with Crippen molar-refractivity contribution in [3.63, 3.8) is 0 Å². The number of β-amino-alcohol motifs (C(OH)–C–C–N with tert-alkyl or cyclic N) is 1. The van der Waals surface area contributed by atoms with Crippen LogP contribution in [0.5, 0.6) is 0 Å². The average Bonchev–Trinajstić information content (AvgIpc) is 2.97. The average molecular weight is 460 g/mol. The molecule has 2 aliphatic heterocycles. The standard InChI is InChI=1S/C23H31N3O4.CH2O2/c1-18(2)7-6-10-20(28)24-13-11-23(12-14-24)21(29)25(15-16-27)22(30)26(23)17-19-8-4-3-5-9-19;2-1-3/h3-5,7-9,27H,6,10-17H2,1-2H3;1H,(H,2,3). The number of rotatable bonds is 7. The summed E-state index contributed by atoms with van der Waals surface area (Å²) in [5.74, 6) is -0.171. The van der Waals surface area contributed by atoms with Gasteiger partial charge >= 0.3 is 6.03 Å². The second-order valence-corrected chi connectivity index (χ2v) is 8.37. The van der Waals surface area contributed by atoms with E-state index in [9.17, 15) is 19.5 Å². The highest BCUT2D eigenvalue weighted by Gasteiger charge is 2.57. The molecule has 1 spiro atoms. The van der Waals surface area contributed by atoms with Crippen molar-refractivity contribution in [2.45, 2.75) is 51.6 Å². The Balaban J connectivity index is 0.00000122. The number of carbonyl (C=O) groups is 4. The Morgan fingerprint density at radius 2 is 1.73 bits per heavy atom. The van der Waals surface area contributed by atoms with Crippen LogP contribution in [-0.2, 0) is 20.9 Å². The third kappa shape index (κ3) is 6.19. The highest BCUT2D eigenvalue weighted by atomic mass is 16.3. The number of hydrogen-bond acceptors (Lipinski definition) is 5. The summed E-state index contributed by atoms with van der Waals surface area (Å²) in [5.41, 5.74) is 1.19. The van der Waals surface area contributed by atoms with Crippen LogP contribution in [0.25, 0.3) is 0 Å². The summed E-state index contributed by atoms with van der Waals surface area (Å²) in [6, 6.07) is 9.23. The molecule has 3 rings (SSSR count). The summed E-state index contributed by atoms with van der Waals surface area (Å²) in [6.45, 7) is 4.74. The minimum Gasteiger partial charge on any atom is -0.483 e. The third-order valence-corrected chi connectivity index (χ3v) is 5.98. The lowest BCUT2D eigenvalue weighted by Crippen LogP contribution is -2.57. The van der Waals surface area contributed by atoms with Gasteiger partial charge in [-0.2, -0.15) is 0 Å². The molecule has 33 heavy (non-hydrogen) atoms. The van der Waals surface area contributed by atoms with Crippen LogP contribution in [0.3, 0.4) is 0 Å². The largest absolute Gasteiger partial charge is 0.483 e. The molecular formula is C24H33N3O6. The number of hydrogen-bond donors (Lipinski definition) is 2. The Kier molecular flexibility index (Phi) is 9.59. The van der Waals surface area contributed by atoms with Crippen LogP contribution in [0.15, 0.2) is 42.0 Å². The predicted octanol–water partition coefficient (Wildman–Crippen LogP) is 2.25. The number of imide groups is 1. The lowest BCUT2D eigenvalue weighted by Gasteiger charge is -2.42. The summed E-state index contributed by atoms with van der Waals surface area (Å²) >= 11 is 0. The molecule has 0 unspecified atom stereocenters. The molecule has 0 saturated carbocycles. The van der Waals surface area contributed by atoms with Crippen molar-refractivity contribution in [1.82, 2.24) is 14.7 Å². The van der Waals surface area contributed by atoms with E-state index in [0.29, 0.717) is 45.3 Å². The number of aliphatic hydroxyl groups is 1. The molecule has 2 aliphatic rings. The normalized spacial score (nSPS) is 17.0. The van der Waals surface area contributed by atoms with Crippen LogP contribution in [0, 0.1) is 0 Å². The van der Waals surface area contributed by atoms with Crippen molar-refractivity contribution in [3.05, 3.63) is 47.5 Å². The van der Waals surface area contributed by atoms with E-state index in [4.69, 9.17) is 9.90 Å². The first-order valence-corrected chi connectivity index (χ1v) is 11.1. The number of carboxylic acid groups (broad SMARTS) is 1. The zero-order valence-electron chi connectivity index (χ0n) is 19.3. The van der Waals surface area contributed by atoms with Gasteiger partial charge in [0.05, 0.1) is 13.2 Å². The molecule has 0 atom stereocenters. The summed E-state index contributed by atoms with van der Waals surface area (Å²) in [4.78, 5) is 51.8. The maximum atomic E-state index is 13.2. The van der Waals surface area contributed by atoms with Gasteiger partial charge in [0.1, 0.15) is 5.54 Å². The molecule has 1 aromatic carbocycles. The van der Waals surface area contributed by atoms with Crippen molar-refractivity contribution < 1.29 is 29.4 Å². The van der Waals surface area contributed by atoms with Gasteiger partial charge < -0.3 is 20.0 Å². The molecule has 180 valence electrons. The SMILES string of the molecule is CC(C)=CCCC(=O)N1CCC2(CC1)C(=O)N(CCO)C(=O)N2Cc1ccccc1.O=CO. The highest BCUT2D eigenvalue weighted by Crippen LogP contribution is 2.38. The Bertz CT molecular complexity index is 858. The second kappa shape index (κ2) is 12.2. The highest BCUT2D eigenvalue weighted by molar-refractivity contribution is 6.07. The minimum atomic E-state index is -0.946. The fourth-order valence-electron chi connectivity index (χ4n) is 4.32. The molecule has 4 amide bonds. The number of likely N-dealkylation sites (tertiary alicyclic amines) is 1. The third-order valence-electron chi connectivity index (χ3n) is 5.98. The van der Waals surface area contributed by atoms with Gasteiger partial charge in [0.15, 0.2) is 0 Å². The Morgan fingerprint density at radius 1 is 1.12 bits per heavy atom. The Labute approximate surface area is 194 Å². The van der Waals surface area contributed by atoms with Gasteiger partial charge in [-0.05, 0) is 38.7 Å². The lowest BCUT2D eigenvalue weighted by molar-refractivity contribution is -0.141. The van der Waals surface area contributed by atoms with Crippen LogP contribution >= 0.6 is 0 Å². The second-order valence-electron chi connectivity index (χ2n) is 8.37. The number of amides is 4. The monoisotopic (exact) mass is 459 g/mol. The Hall–Kier alpha value is -3.20. The summed E-state index contributed by atoms with van der Waals surface area (Å²) < 4.78 is 0. The first kappa shape index (κ1) is 26.1. The molecule has 2 saturated heterocycles. The maximum Gasteiger partial charge on any atom is 0.328 e. The molecule has 9 heteroatoms. The van der Waals surface area contributed by atoms with Crippen molar-refractivity contribution in [3.8, 4) is 0 Å². The topological polar surface area (TPSA) is 118 Å². The number of piperidine rings is 1. The zero-order valence-corrected chi connectivity index (χ0v) is 19.3. The van der Waals surface area contributed by atoms with E-state index in [-0.39, 0.29) is 37.5 Å². The van der Waals surface area contributed by atoms with Crippen LogP contribution in [0.2, 0.25) is 0 Å². The lowest BCUT2D eigenvalue weighted by atomic mass is 9.85. The molecule has 2 heterocycles. The number of allylic oxidation sites excluding steroid dienone is 2. The smallest absolute Gasteiger partial charge is 0.328 e. The van der Waals surface area contributed by atoms with Crippen LogP contribution in [-0.4, -0.2) is 81.0 Å². The molecular weight excluding hydrogens is 426 g/mol. The van der Waals surface area contributed by atoms with E-state index in [1.807, 2.05) is 44.2 Å². The van der Waals surface area contributed by atoms with Crippen molar-refractivity contribution >= 4 is 24.3 Å². The molecule has 2 fully saturated rings. The fourth-order valence-corrected chi connectivity index (χ4v) is 4.32. The molecule has 0 radical (unpaired) electrons. The van der Waals surface area contributed by atoms with E-state index in [2.05, 4.69) is 6.08 Å². The minimum absolute atomic E-state index is 0.00391. The van der Waals surface area contributed by atoms with Crippen molar-refractivity contribution in [1.29, 1.82) is 0 Å². The number of carbonyl (C=O) groups excluding carboxylic acids is 3. The number of benzene rings is 1. The van der Waals surface area contributed by atoms with Crippen LogP contribution in [0.4, 0.5) is 4.79 Å². The predicted molar refractivity (Wildman–Crippen MR) is 122 cm³/mol. The summed E-state index contributed by atoms with van der Waals surface area (Å²) in [6.07, 6.45) is 4.05. The quantitative estimate of drug-likeness (QED) is 0.367. The van der Waals surface area contributed by atoms with E-state index < -0.39 is 5.54 Å². The molecule has 9 nitrogen and oxygen atoms in total. The van der Waals surface area contributed by atoms with E-state index >= 15 is 0 Å². The first-order valence-electron chi connectivity index (χ1n) is 11.1. The van der Waals surface area contributed by atoms with Gasteiger partial charge in [-0.1, -0.05) is 42.0 Å². The number of nitrogens with zero attached hydrogens (tertiary/aromatic N) is 3. The van der Waals surface area contributed by atoms with E-state index in [1.54, 1.807) is 9.80 Å². The number of urea groups is 1. The molecule has 0 aromatic heterocycles. The number of aliphatic hydroxyl groups excluding tert-OH is 1. The molecule has 1 aromatic rings. The Morgan fingerprint density at radius 3 is 2.27 bits per heavy atom. The maximum absolute atomic E-state index is 13.2. The van der Waals surface area contributed by atoms with Crippen LogP contribution in [0.1, 0.15) is 45.1 Å². The summed E-state index contributed by atoms with van der Waals surface area (Å²) in [5, 5.41) is 16.2. The van der Waals surface area contributed by atoms with Gasteiger partial charge in [-0.15, -0.1) is 0 Å². The van der Waals surface area contributed by atoms with Gasteiger partial charge in [0, 0.05) is 26.1 Å². The molecule has 0 bridgehead atoms. The fraction of sp³-hybridized carbons (Fsp3) is 0.500. The van der Waals surface area contributed by atoms with Crippen molar-refractivity contribution in [2.24, 2.45) is 0 Å². The van der Waals surface area contributed by atoms with Crippen molar-refractivity contribution in [2.75, 3.05) is 26.2 Å². The summed E-state index contributed by atoms with van der Waals surface area (Å²) in [7, 11) is 0. The van der Waals surface area contributed by atoms with Gasteiger partial charge in [0.2, 0.25) is 5.91 Å². The first-order chi connectivity index (χ1) is 15.8. The molecule has 0 aliphatic carbocycles. The van der Waals surface area contributed by atoms with Crippen LogP contribution < -0.4 is 0 Å². The van der Waals surface area contributed by atoms with E-state index in [1.165, 1.54) is 5.57 Å². The van der Waals surface area contributed by atoms with Gasteiger partial charge in [0.25, 0.3) is 12.4 Å². The van der Waals surface area contributed by atoms with E-state index in [0.717, 1.165) is 10.5 Å².